The van der Waals surface area contributed by atoms with E-state index in [0.29, 0.717) is 12.2 Å². The molecule has 112 valence electrons. The normalized spacial score (nSPS) is 13.7. The lowest BCUT2D eigenvalue weighted by atomic mass is 9.96. The van der Waals surface area contributed by atoms with Crippen LogP contribution in [-0.2, 0) is 9.53 Å². The van der Waals surface area contributed by atoms with E-state index in [4.69, 9.17) is 4.74 Å². The summed E-state index contributed by atoms with van der Waals surface area (Å²) >= 11 is 0. The molecule has 1 aromatic carbocycles. The van der Waals surface area contributed by atoms with Gasteiger partial charge in [0, 0.05) is 0 Å². The van der Waals surface area contributed by atoms with Crippen molar-refractivity contribution in [3.63, 3.8) is 0 Å². The molecule has 1 N–H and O–H groups in total. The maximum absolute atomic E-state index is 12.1. The van der Waals surface area contributed by atoms with Gasteiger partial charge < -0.3 is 10.1 Å². The van der Waals surface area contributed by atoms with Gasteiger partial charge in [0.25, 0.3) is 0 Å². The Morgan fingerprint density at radius 3 is 2.48 bits per heavy atom. The van der Waals surface area contributed by atoms with Crippen LogP contribution in [0, 0.1) is 6.92 Å². The minimum atomic E-state index is -0.800. The number of methoxy groups -OCH3 is 1. The Morgan fingerprint density at radius 2 is 1.90 bits per heavy atom. The molecule has 0 saturated heterocycles. The number of fused-ring (bicyclic) bond motifs is 1. The van der Waals surface area contributed by atoms with Crippen LogP contribution in [0.4, 0.5) is 5.82 Å². The van der Waals surface area contributed by atoms with Gasteiger partial charge in [0.05, 0.1) is 23.8 Å². The molecule has 0 aliphatic carbocycles. The second-order valence-electron chi connectivity index (χ2n) is 5.35. The standard InChI is InChI=1S/C16H21N3O2/c1-5-10-16(3,15(20)21-4)19-14-11(2)17-12-8-6-7-9-13(12)18-14/h6-9H,5,10H2,1-4H3,(H,18,19). The molecule has 21 heavy (non-hydrogen) atoms. The number of carbonyl (C=O) groups is 1. The minimum absolute atomic E-state index is 0.293. The van der Waals surface area contributed by atoms with Crippen LogP contribution < -0.4 is 5.32 Å². The smallest absolute Gasteiger partial charge is 0.331 e. The molecule has 1 atom stereocenters. The highest BCUT2D eigenvalue weighted by Crippen LogP contribution is 2.23. The van der Waals surface area contributed by atoms with Crippen LogP contribution in [0.2, 0.25) is 0 Å². The van der Waals surface area contributed by atoms with Gasteiger partial charge in [-0.2, -0.15) is 0 Å². The highest BCUT2D eigenvalue weighted by molar-refractivity contribution is 5.84. The van der Waals surface area contributed by atoms with Crippen LogP contribution in [0.25, 0.3) is 11.0 Å². The Bertz CT molecular complexity index is 657. The summed E-state index contributed by atoms with van der Waals surface area (Å²) in [7, 11) is 1.40. The number of hydrogen-bond acceptors (Lipinski definition) is 5. The molecular weight excluding hydrogens is 266 g/mol. The molecule has 0 fully saturated rings. The molecule has 1 unspecified atom stereocenters. The summed E-state index contributed by atoms with van der Waals surface area (Å²) < 4.78 is 4.92. The summed E-state index contributed by atoms with van der Waals surface area (Å²) in [6.07, 6.45) is 1.52. The summed E-state index contributed by atoms with van der Waals surface area (Å²) in [4.78, 5) is 21.2. The number of aromatic nitrogens is 2. The molecule has 0 radical (unpaired) electrons. The van der Waals surface area contributed by atoms with Gasteiger partial charge >= 0.3 is 5.97 Å². The molecule has 0 bridgehead atoms. The molecule has 1 aromatic heterocycles. The Balaban J connectivity index is 2.40. The van der Waals surface area contributed by atoms with Crippen molar-refractivity contribution in [3.05, 3.63) is 30.0 Å². The van der Waals surface area contributed by atoms with E-state index in [2.05, 4.69) is 15.3 Å². The summed E-state index contributed by atoms with van der Waals surface area (Å²) in [5, 5.41) is 3.22. The summed E-state index contributed by atoms with van der Waals surface area (Å²) in [5.74, 6) is 0.328. The van der Waals surface area contributed by atoms with Crippen molar-refractivity contribution in [2.75, 3.05) is 12.4 Å². The molecular formula is C16H21N3O2. The number of nitrogens with one attached hydrogen (secondary N) is 1. The van der Waals surface area contributed by atoms with Gasteiger partial charge in [-0.25, -0.2) is 14.8 Å². The quantitative estimate of drug-likeness (QED) is 0.856. The lowest BCUT2D eigenvalue weighted by molar-refractivity contribution is -0.145. The number of benzene rings is 1. The van der Waals surface area contributed by atoms with Crippen molar-refractivity contribution in [1.29, 1.82) is 0 Å². The zero-order valence-electron chi connectivity index (χ0n) is 12.9. The first-order chi connectivity index (χ1) is 10.00. The molecule has 2 rings (SSSR count). The SMILES string of the molecule is CCCC(C)(Nc1nc2ccccc2nc1C)C(=O)OC. The highest BCUT2D eigenvalue weighted by atomic mass is 16.5. The van der Waals surface area contributed by atoms with Gasteiger partial charge in [-0.3, -0.25) is 0 Å². The zero-order chi connectivity index (χ0) is 15.5. The number of hydrogen-bond donors (Lipinski definition) is 1. The van der Waals surface area contributed by atoms with E-state index < -0.39 is 5.54 Å². The number of esters is 1. The molecule has 0 aliphatic heterocycles. The monoisotopic (exact) mass is 287 g/mol. The lowest BCUT2D eigenvalue weighted by Crippen LogP contribution is -2.44. The van der Waals surface area contributed by atoms with Gasteiger partial charge in [0.2, 0.25) is 0 Å². The average molecular weight is 287 g/mol. The second kappa shape index (κ2) is 6.08. The maximum Gasteiger partial charge on any atom is 0.331 e. The van der Waals surface area contributed by atoms with Gasteiger partial charge in [-0.15, -0.1) is 0 Å². The Kier molecular flexibility index (Phi) is 4.40. The fourth-order valence-electron chi connectivity index (χ4n) is 2.41. The Labute approximate surface area is 124 Å². The van der Waals surface area contributed by atoms with E-state index in [1.165, 1.54) is 7.11 Å². The van der Waals surface area contributed by atoms with Crippen LogP contribution in [0.5, 0.6) is 0 Å². The summed E-state index contributed by atoms with van der Waals surface area (Å²) in [6, 6.07) is 7.67. The second-order valence-corrected chi connectivity index (χ2v) is 5.35. The van der Waals surface area contributed by atoms with Crippen molar-refractivity contribution in [3.8, 4) is 0 Å². The van der Waals surface area contributed by atoms with Crippen molar-refractivity contribution in [1.82, 2.24) is 9.97 Å². The van der Waals surface area contributed by atoms with Crippen LogP contribution in [0.3, 0.4) is 0 Å². The third-order valence-corrected chi connectivity index (χ3v) is 3.53. The van der Waals surface area contributed by atoms with Gasteiger partial charge in [-0.05, 0) is 32.4 Å². The predicted octanol–water partition coefficient (Wildman–Crippen LogP) is 3.08. The van der Waals surface area contributed by atoms with Crippen LogP contribution in [0.15, 0.2) is 24.3 Å². The zero-order valence-corrected chi connectivity index (χ0v) is 12.9. The third kappa shape index (κ3) is 3.12. The van der Waals surface area contributed by atoms with Crippen molar-refractivity contribution in [2.24, 2.45) is 0 Å². The molecule has 5 nitrogen and oxygen atoms in total. The Hall–Kier alpha value is -2.17. The van der Waals surface area contributed by atoms with E-state index in [0.717, 1.165) is 23.1 Å². The fourth-order valence-corrected chi connectivity index (χ4v) is 2.41. The van der Waals surface area contributed by atoms with Crippen LogP contribution in [0.1, 0.15) is 32.4 Å². The van der Waals surface area contributed by atoms with E-state index in [9.17, 15) is 4.79 Å². The number of anilines is 1. The molecule has 0 amide bonds. The summed E-state index contributed by atoms with van der Waals surface area (Å²) in [5.41, 5.74) is 1.61. The highest BCUT2D eigenvalue weighted by Gasteiger charge is 2.34. The molecule has 0 saturated carbocycles. The molecule has 1 heterocycles. The first kappa shape index (κ1) is 15.2. The lowest BCUT2D eigenvalue weighted by Gasteiger charge is -2.28. The van der Waals surface area contributed by atoms with Gasteiger partial charge in [0.1, 0.15) is 11.4 Å². The number of rotatable bonds is 5. The largest absolute Gasteiger partial charge is 0.467 e. The number of carbonyl (C=O) groups excluding carboxylic acids is 1. The van der Waals surface area contributed by atoms with E-state index >= 15 is 0 Å². The van der Waals surface area contributed by atoms with Crippen LogP contribution in [-0.4, -0.2) is 28.6 Å². The van der Waals surface area contributed by atoms with E-state index in [1.54, 1.807) is 0 Å². The number of ether oxygens (including phenoxy) is 1. The number of para-hydroxylation sites is 2. The van der Waals surface area contributed by atoms with Gasteiger partial charge in [-0.1, -0.05) is 25.5 Å². The molecule has 0 spiro atoms. The number of aryl methyl sites for hydroxylation is 1. The van der Waals surface area contributed by atoms with Crippen molar-refractivity contribution < 1.29 is 9.53 Å². The first-order valence-electron chi connectivity index (χ1n) is 7.10. The maximum atomic E-state index is 12.1. The van der Waals surface area contributed by atoms with Crippen LogP contribution >= 0.6 is 0 Å². The van der Waals surface area contributed by atoms with Crippen molar-refractivity contribution in [2.45, 2.75) is 39.2 Å². The molecule has 0 aliphatic rings. The fraction of sp³-hybridized carbons (Fsp3) is 0.438. The van der Waals surface area contributed by atoms with E-state index in [1.807, 2.05) is 45.0 Å². The average Bonchev–Trinajstić information content (AvgIpc) is 2.47. The number of nitrogens with zero attached hydrogens (tertiary/aromatic N) is 2. The molecule has 2 aromatic rings. The molecule has 5 heteroatoms. The van der Waals surface area contributed by atoms with Crippen molar-refractivity contribution >= 4 is 22.8 Å². The topological polar surface area (TPSA) is 64.1 Å². The summed E-state index contributed by atoms with van der Waals surface area (Å²) in [6.45, 7) is 5.74. The first-order valence-corrected chi connectivity index (χ1v) is 7.10. The predicted molar refractivity (Wildman–Crippen MR) is 83.2 cm³/mol. The third-order valence-electron chi connectivity index (χ3n) is 3.53. The Morgan fingerprint density at radius 1 is 1.29 bits per heavy atom. The minimum Gasteiger partial charge on any atom is -0.467 e. The van der Waals surface area contributed by atoms with E-state index in [-0.39, 0.29) is 5.97 Å². The van der Waals surface area contributed by atoms with Gasteiger partial charge in [0.15, 0.2) is 0 Å².